The maximum atomic E-state index is 12.7. The number of ether oxygens (including phenoxy) is 2. The smallest absolute Gasteiger partial charge is 0.312 e. The van der Waals surface area contributed by atoms with Crippen LogP contribution >= 0.6 is 0 Å². The topological polar surface area (TPSA) is 116 Å². The van der Waals surface area contributed by atoms with Crippen molar-refractivity contribution in [2.75, 3.05) is 18.6 Å². The van der Waals surface area contributed by atoms with Crippen molar-refractivity contribution in [2.45, 2.75) is 19.4 Å². The molecular formula is C27H24N2O7. The second kappa shape index (κ2) is 10.4. The van der Waals surface area contributed by atoms with Gasteiger partial charge in [-0.15, -0.1) is 0 Å². The Bertz CT molecular complexity index is 1290. The van der Waals surface area contributed by atoms with E-state index in [0.717, 1.165) is 11.1 Å². The average Bonchev–Trinajstić information content (AvgIpc) is 3.30. The molecule has 1 aliphatic rings. The van der Waals surface area contributed by atoms with Gasteiger partial charge in [0, 0.05) is 36.3 Å². The van der Waals surface area contributed by atoms with Crippen LogP contribution in [0.1, 0.15) is 23.7 Å². The lowest BCUT2D eigenvalue weighted by Crippen LogP contribution is -2.30. The third-order valence-electron chi connectivity index (χ3n) is 6.09. The van der Waals surface area contributed by atoms with Crippen molar-refractivity contribution in [3.8, 4) is 16.9 Å². The normalized spacial score (nSPS) is 15.9. The molecule has 0 radical (unpaired) electrons. The zero-order valence-corrected chi connectivity index (χ0v) is 19.7. The number of nitro benzene ring substituents is 1. The second-order valence-electron chi connectivity index (χ2n) is 8.43. The summed E-state index contributed by atoms with van der Waals surface area (Å²) >= 11 is 0. The van der Waals surface area contributed by atoms with Gasteiger partial charge in [0.15, 0.2) is 6.10 Å². The van der Waals surface area contributed by atoms with E-state index in [1.165, 1.54) is 31.1 Å². The van der Waals surface area contributed by atoms with Crippen molar-refractivity contribution >= 4 is 29.0 Å². The first-order chi connectivity index (χ1) is 17.3. The molecule has 1 fully saturated rings. The fraction of sp³-hybridized carbons (Fsp3) is 0.222. The first-order valence-corrected chi connectivity index (χ1v) is 11.3. The van der Waals surface area contributed by atoms with Crippen LogP contribution in [0.15, 0.2) is 72.8 Å². The lowest BCUT2D eigenvalue weighted by molar-refractivity contribution is -0.384. The number of nitro groups is 1. The summed E-state index contributed by atoms with van der Waals surface area (Å²) in [7, 11) is 1.53. The van der Waals surface area contributed by atoms with Gasteiger partial charge in [-0.3, -0.25) is 24.5 Å². The number of rotatable bonds is 8. The van der Waals surface area contributed by atoms with E-state index in [1.807, 2.05) is 12.1 Å². The third kappa shape index (κ3) is 5.25. The zero-order valence-electron chi connectivity index (χ0n) is 19.7. The Kier molecular flexibility index (Phi) is 7.10. The molecule has 3 aromatic rings. The minimum atomic E-state index is -0.990. The maximum absolute atomic E-state index is 12.7. The number of esters is 1. The SMILES string of the molecule is COc1ccc(C(=O)[C@H](C)OC(=O)[C@H]2CC(=O)N(c3ccc(-c4ccc([N+](=O)[O-])cc4)cc3)C2)cc1. The standard InChI is InChI=1S/C27H24N2O7/c1-17(26(31)20-7-13-24(35-2)14-8-20)36-27(32)21-15-25(30)28(16-21)22-9-3-18(4-10-22)19-5-11-23(12-6-19)29(33)34/h3-14,17,21H,15-16H2,1-2H3/t17-,21-/m0/s1. The van der Waals surface area contributed by atoms with E-state index in [-0.39, 0.29) is 30.3 Å². The van der Waals surface area contributed by atoms with Crippen LogP contribution in [0.2, 0.25) is 0 Å². The summed E-state index contributed by atoms with van der Waals surface area (Å²) < 4.78 is 10.5. The number of hydrogen-bond donors (Lipinski definition) is 0. The summed E-state index contributed by atoms with van der Waals surface area (Å²) in [6, 6.07) is 19.9. The number of benzene rings is 3. The molecule has 1 amide bonds. The average molecular weight is 488 g/mol. The monoisotopic (exact) mass is 488 g/mol. The Morgan fingerprint density at radius 2 is 1.56 bits per heavy atom. The number of non-ortho nitro benzene ring substituents is 1. The first kappa shape index (κ1) is 24.6. The molecule has 0 aromatic heterocycles. The summed E-state index contributed by atoms with van der Waals surface area (Å²) in [6.45, 7) is 1.66. The Morgan fingerprint density at radius 3 is 2.11 bits per heavy atom. The largest absolute Gasteiger partial charge is 0.497 e. The molecule has 1 saturated heterocycles. The highest BCUT2D eigenvalue weighted by Gasteiger charge is 2.37. The molecule has 36 heavy (non-hydrogen) atoms. The number of Topliss-reactive ketones (excluding diaryl/α,β-unsaturated/α-hetero) is 1. The molecule has 0 N–H and O–H groups in total. The van der Waals surface area contributed by atoms with Crippen molar-refractivity contribution < 1.29 is 28.8 Å². The van der Waals surface area contributed by atoms with E-state index < -0.39 is 22.9 Å². The van der Waals surface area contributed by atoms with E-state index in [1.54, 1.807) is 48.5 Å². The molecule has 3 aromatic carbocycles. The van der Waals surface area contributed by atoms with E-state index in [2.05, 4.69) is 0 Å². The van der Waals surface area contributed by atoms with E-state index in [0.29, 0.717) is 17.0 Å². The molecule has 4 rings (SSSR count). The number of anilines is 1. The molecule has 0 bridgehead atoms. The highest BCUT2D eigenvalue weighted by atomic mass is 16.6. The van der Waals surface area contributed by atoms with Crippen LogP contribution in [0.5, 0.6) is 5.75 Å². The molecular weight excluding hydrogens is 464 g/mol. The molecule has 1 heterocycles. The number of carbonyl (C=O) groups excluding carboxylic acids is 3. The van der Waals surface area contributed by atoms with Crippen LogP contribution in [0.25, 0.3) is 11.1 Å². The Labute approximate surface area is 207 Å². The molecule has 1 aliphatic heterocycles. The Balaban J connectivity index is 1.38. The van der Waals surface area contributed by atoms with Crippen LogP contribution in [0, 0.1) is 16.0 Å². The highest BCUT2D eigenvalue weighted by molar-refractivity contribution is 6.02. The van der Waals surface area contributed by atoms with Gasteiger partial charge >= 0.3 is 5.97 Å². The van der Waals surface area contributed by atoms with Gasteiger partial charge < -0.3 is 14.4 Å². The number of amides is 1. The van der Waals surface area contributed by atoms with Gasteiger partial charge in [0.05, 0.1) is 18.0 Å². The zero-order chi connectivity index (χ0) is 25.8. The van der Waals surface area contributed by atoms with E-state index in [4.69, 9.17) is 9.47 Å². The van der Waals surface area contributed by atoms with Gasteiger partial charge in [-0.2, -0.15) is 0 Å². The molecule has 0 unspecified atom stereocenters. The van der Waals surface area contributed by atoms with Crippen LogP contribution in [0.4, 0.5) is 11.4 Å². The number of nitrogens with zero attached hydrogens (tertiary/aromatic N) is 2. The van der Waals surface area contributed by atoms with Crippen molar-refractivity contribution in [2.24, 2.45) is 5.92 Å². The number of methoxy groups -OCH3 is 1. The molecule has 2 atom stereocenters. The lowest BCUT2D eigenvalue weighted by Gasteiger charge is -2.18. The third-order valence-corrected chi connectivity index (χ3v) is 6.09. The minimum absolute atomic E-state index is 0.00756. The van der Waals surface area contributed by atoms with Crippen molar-refractivity contribution in [3.63, 3.8) is 0 Å². The lowest BCUT2D eigenvalue weighted by atomic mass is 10.0. The summed E-state index contributed by atoms with van der Waals surface area (Å²) in [5, 5.41) is 10.8. The number of carbonyl (C=O) groups is 3. The van der Waals surface area contributed by atoms with Crippen LogP contribution < -0.4 is 9.64 Å². The Hall–Kier alpha value is -4.53. The molecule has 184 valence electrons. The molecule has 0 saturated carbocycles. The Morgan fingerprint density at radius 1 is 0.972 bits per heavy atom. The maximum Gasteiger partial charge on any atom is 0.312 e. The molecule has 0 aliphatic carbocycles. The minimum Gasteiger partial charge on any atom is -0.497 e. The van der Waals surface area contributed by atoms with Gasteiger partial charge in [0.2, 0.25) is 11.7 Å². The van der Waals surface area contributed by atoms with Gasteiger partial charge in [-0.1, -0.05) is 12.1 Å². The van der Waals surface area contributed by atoms with Crippen molar-refractivity contribution in [1.29, 1.82) is 0 Å². The predicted octanol–water partition coefficient (Wildman–Crippen LogP) is 4.44. The fourth-order valence-electron chi connectivity index (χ4n) is 4.04. The summed E-state index contributed by atoms with van der Waals surface area (Å²) in [5.74, 6) is -1.22. The number of hydrogen-bond acceptors (Lipinski definition) is 7. The molecule has 9 nitrogen and oxygen atoms in total. The summed E-state index contributed by atoms with van der Waals surface area (Å²) in [6.07, 6.45) is -0.997. The van der Waals surface area contributed by atoms with Crippen molar-refractivity contribution in [3.05, 3.63) is 88.5 Å². The predicted molar refractivity (Wildman–Crippen MR) is 132 cm³/mol. The van der Waals surface area contributed by atoms with Crippen LogP contribution in [-0.2, 0) is 14.3 Å². The fourth-order valence-corrected chi connectivity index (χ4v) is 4.04. The molecule has 0 spiro atoms. The highest BCUT2D eigenvalue weighted by Crippen LogP contribution is 2.29. The van der Waals surface area contributed by atoms with Crippen LogP contribution in [-0.4, -0.2) is 42.3 Å². The van der Waals surface area contributed by atoms with Gasteiger partial charge in [0.25, 0.3) is 5.69 Å². The first-order valence-electron chi connectivity index (χ1n) is 11.3. The summed E-state index contributed by atoms with van der Waals surface area (Å²) in [5.41, 5.74) is 2.67. The van der Waals surface area contributed by atoms with Crippen molar-refractivity contribution in [1.82, 2.24) is 0 Å². The van der Waals surface area contributed by atoms with E-state index >= 15 is 0 Å². The quantitative estimate of drug-likeness (QED) is 0.199. The second-order valence-corrected chi connectivity index (χ2v) is 8.43. The van der Waals surface area contributed by atoms with E-state index in [9.17, 15) is 24.5 Å². The van der Waals surface area contributed by atoms with Gasteiger partial charge in [-0.05, 0) is 66.6 Å². The van der Waals surface area contributed by atoms with Gasteiger partial charge in [0.1, 0.15) is 5.75 Å². The van der Waals surface area contributed by atoms with Gasteiger partial charge in [-0.25, -0.2) is 0 Å². The molecule has 9 heteroatoms. The summed E-state index contributed by atoms with van der Waals surface area (Å²) in [4.78, 5) is 49.8. The van der Waals surface area contributed by atoms with Crippen LogP contribution in [0.3, 0.4) is 0 Å². The number of ketones is 1.